The first-order chi connectivity index (χ1) is 8.88. The van der Waals surface area contributed by atoms with Crippen LogP contribution in [-0.2, 0) is 14.3 Å². The van der Waals surface area contributed by atoms with Gasteiger partial charge in [0.15, 0.2) is 17.6 Å². The molecule has 1 unspecified atom stereocenters. The summed E-state index contributed by atoms with van der Waals surface area (Å²) >= 11 is 0. The van der Waals surface area contributed by atoms with Crippen molar-refractivity contribution in [1.82, 2.24) is 5.32 Å². The molecule has 0 aliphatic carbocycles. The standard InChI is InChI=1S/C13H17NO5/c1-3-4-5-6-7-9(15)10(16)8-11(19-7)13(2,18)14-12(8)17/h5-7,9,15,18H,3-4H2,1-2H3,(H,14,17)/t7-,9-,13?/m0/s1. The number of carbonyl (C=O) groups is 2. The summed E-state index contributed by atoms with van der Waals surface area (Å²) < 4.78 is 5.41. The number of hydrogen-bond acceptors (Lipinski definition) is 5. The second-order valence-corrected chi connectivity index (χ2v) is 4.84. The van der Waals surface area contributed by atoms with Gasteiger partial charge in [0.25, 0.3) is 5.91 Å². The van der Waals surface area contributed by atoms with E-state index in [0.29, 0.717) is 0 Å². The molecule has 3 atom stereocenters. The topological polar surface area (TPSA) is 95.9 Å². The number of unbranched alkanes of at least 4 members (excludes halogenated alkanes) is 1. The Kier molecular flexibility index (Phi) is 3.47. The van der Waals surface area contributed by atoms with E-state index in [-0.39, 0.29) is 11.3 Å². The molecule has 0 aromatic rings. The highest BCUT2D eigenvalue weighted by Crippen LogP contribution is 2.33. The molecule has 0 radical (unpaired) electrons. The summed E-state index contributed by atoms with van der Waals surface area (Å²) in [6, 6.07) is 0. The molecule has 0 saturated carbocycles. The molecule has 0 bridgehead atoms. The first-order valence-corrected chi connectivity index (χ1v) is 6.23. The number of allylic oxidation sites excluding steroid dienone is 1. The van der Waals surface area contributed by atoms with E-state index in [9.17, 15) is 19.8 Å². The van der Waals surface area contributed by atoms with Gasteiger partial charge in [0, 0.05) is 0 Å². The van der Waals surface area contributed by atoms with Gasteiger partial charge in [0.1, 0.15) is 11.7 Å². The summed E-state index contributed by atoms with van der Waals surface area (Å²) in [4.78, 5) is 23.5. The number of Topliss-reactive ketones (excluding diaryl/α,β-unsaturated/α-hetero) is 1. The molecule has 6 nitrogen and oxygen atoms in total. The Morgan fingerprint density at radius 1 is 1.47 bits per heavy atom. The SMILES string of the molecule is CCCC=C[C@@H]1OC2=C(C(=O)NC2(C)O)C(=O)[C@H]1O. The highest BCUT2D eigenvalue weighted by atomic mass is 16.5. The molecule has 0 aromatic heterocycles. The Hall–Kier alpha value is -1.66. The number of ketones is 1. The van der Waals surface area contributed by atoms with Crippen LogP contribution in [-0.4, -0.2) is 39.8 Å². The Labute approximate surface area is 110 Å². The van der Waals surface area contributed by atoms with Crippen LogP contribution in [0.1, 0.15) is 26.7 Å². The highest BCUT2D eigenvalue weighted by Gasteiger charge is 2.51. The van der Waals surface area contributed by atoms with E-state index in [2.05, 4.69) is 5.32 Å². The summed E-state index contributed by atoms with van der Waals surface area (Å²) in [7, 11) is 0. The summed E-state index contributed by atoms with van der Waals surface area (Å²) in [5.74, 6) is -1.55. The van der Waals surface area contributed by atoms with Gasteiger partial charge >= 0.3 is 0 Å². The molecule has 2 heterocycles. The fraction of sp³-hybridized carbons (Fsp3) is 0.538. The number of aliphatic hydroxyl groups is 2. The van der Waals surface area contributed by atoms with Crippen LogP contribution >= 0.6 is 0 Å². The molecule has 104 valence electrons. The third-order valence-electron chi connectivity index (χ3n) is 3.11. The van der Waals surface area contributed by atoms with Crippen LogP contribution in [0.5, 0.6) is 0 Å². The molecule has 0 saturated heterocycles. The summed E-state index contributed by atoms with van der Waals surface area (Å²) in [5.41, 5.74) is -2.00. The molecule has 3 N–H and O–H groups in total. The molecular formula is C13H17NO5. The van der Waals surface area contributed by atoms with Gasteiger partial charge in [-0.3, -0.25) is 9.59 Å². The quantitative estimate of drug-likeness (QED) is 0.484. The van der Waals surface area contributed by atoms with Gasteiger partial charge in [-0.2, -0.15) is 0 Å². The lowest BCUT2D eigenvalue weighted by atomic mass is 9.96. The van der Waals surface area contributed by atoms with Crippen LogP contribution in [0.25, 0.3) is 0 Å². The fourth-order valence-electron chi connectivity index (χ4n) is 2.12. The molecular weight excluding hydrogens is 250 g/mol. The van der Waals surface area contributed by atoms with Gasteiger partial charge in [-0.25, -0.2) is 0 Å². The first kappa shape index (κ1) is 13.8. The molecule has 2 aliphatic heterocycles. The lowest BCUT2D eigenvalue weighted by Crippen LogP contribution is -2.44. The van der Waals surface area contributed by atoms with Crippen molar-refractivity contribution in [2.24, 2.45) is 0 Å². The van der Waals surface area contributed by atoms with Crippen molar-refractivity contribution in [2.75, 3.05) is 0 Å². The number of nitrogens with one attached hydrogen (secondary N) is 1. The van der Waals surface area contributed by atoms with Gasteiger partial charge in [-0.05, 0) is 19.4 Å². The zero-order valence-electron chi connectivity index (χ0n) is 10.8. The minimum absolute atomic E-state index is 0.112. The maximum atomic E-state index is 12.0. The van der Waals surface area contributed by atoms with Gasteiger partial charge < -0.3 is 20.3 Å². The molecule has 2 aliphatic rings. The van der Waals surface area contributed by atoms with Crippen LogP contribution < -0.4 is 5.32 Å². The van der Waals surface area contributed by atoms with Crippen molar-refractivity contribution < 1.29 is 24.5 Å². The third-order valence-corrected chi connectivity index (χ3v) is 3.11. The Bertz CT molecular complexity index is 477. The van der Waals surface area contributed by atoms with E-state index < -0.39 is 29.6 Å². The van der Waals surface area contributed by atoms with Crippen molar-refractivity contribution in [1.29, 1.82) is 0 Å². The van der Waals surface area contributed by atoms with E-state index in [1.54, 1.807) is 12.2 Å². The zero-order valence-corrected chi connectivity index (χ0v) is 10.8. The third kappa shape index (κ3) is 2.29. The molecule has 0 aromatic carbocycles. The van der Waals surface area contributed by atoms with Crippen LogP contribution in [0.4, 0.5) is 0 Å². The Morgan fingerprint density at radius 3 is 2.79 bits per heavy atom. The van der Waals surface area contributed by atoms with Crippen molar-refractivity contribution in [2.45, 2.75) is 44.6 Å². The lowest BCUT2D eigenvalue weighted by molar-refractivity contribution is -0.133. The maximum absolute atomic E-state index is 12.0. The highest BCUT2D eigenvalue weighted by molar-refractivity contribution is 6.23. The molecule has 19 heavy (non-hydrogen) atoms. The zero-order chi connectivity index (χ0) is 14.2. The van der Waals surface area contributed by atoms with Gasteiger partial charge in [0.05, 0.1) is 0 Å². The average Bonchev–Trinajstić information content (AvgIpc) is 2.55. The van der Waals surface area contributed by atoms with Gasteiger partial charge in [-0.15, -0.1) is 0 Å². The lowest BCUT2D eigenvalue weighted by Gasteiger charge is -2.30. The van der Waals surface area contributed by atoms with E-state index >= 15 is 0 Å². The molecule has 2 rings (SSSR count). The van der Waals surface area contributed by atoms with Crippen molar-refractivity contribution in [3.8, 4) is 0 Å². The molecule has 0 fully saturated rings. The van der Waals surface area contributed by atoms with Crippen LogP contribution in [0.3, 0.4) is 0 Å². The normalized spacial score (nSPS) is 34.5. The number of carbonyl (C=O) groups excluding carboxylic acids is 2. The summed E-state index contributed by atoms with van der Waals surface area (Å²) in [6.07, 6.45) is 2.79. The molecule has 6 heteroatoms. The minimum atomic E-state index is -1.71. The Balaban J connectivity index is 2.31. The second-order valence-electron chi connectivity index (χ2n) is 4.84. The fourth-order valence-corrected chi connectivity index (χ4v) is 2.12. The number of hydrogen-bond donors (Lipinski definition) is 3. The summed E-state index contributed by atoms with van der Waals surface area (Å²) in [6.45, 7) is 3.32. The van der Waals surface area contributed by atoms with Crippen molar-refractivity contribution >= 4 is 11.7 Å². The van der Waals surface area contributed by atoms with Crippen molar-refractivity contribution in [3.05, 3.63) is 23.5 Å². The number of aliphatic hydroxyl groups excluding tert-OH is 1. The Morgan fingerprint density at radius 2 is 2.16 bits per heavy atom. The van der Waals surface area contributed by atoms with E-state index in [0.717, 1.165) is 12.8 Å². The van der Waals surface area contributed by atoms with Crippen LogP contribution in [0.2, 0.25) is 0 Å². The second kappa shape index (κ2) is 4.79. The number of ether oxygens (including phenoxy) is 1. The average molecular weight is 267 g/mol. The largest absolute Gasteiger partial charge is 0.481 e. The van der Waals surface area contributed by atoms with E-state index in [1.165, 1.54) is 6.92 Å². The first-order valence-electron chi connectivity index (χ1n) is 6.23. The molecule has 0 spiro atoms. The van der Waals surface area contributed by atoms with Crippen LogP contribution in [0, 0.1) is 0 Å². The monoisotopic (exact) mass is 267 g/mol. The van der Waals surface area contributed by atoms with Gasteiger partial charge in [0.2, 0.25) is 5.78 Å². The van der Waals surface area contributed by atoms with E-state index in [4.69, 9.17) is 4.74 Å². The van der Waals surface area contributed by atoms with E-state index in [1.807, 2.05) is 6.92 Å². The molecule has 1 amide bonds. The summed E-state index contributed by atoms with van der Waals surface area (Å²) in [5, 5.41) is 22.1. The predicted octanol–water partition coefficient (Wildman–Crippen LogP) is -0.236. The number of amides is 1. The maximum Gasteiger partial charge on any atom is 0.261 e. The van der Waals surface area contributed by atoms with Crippen molar-refractivity contribution in [3.63, 3.8) is 0 Å². The number of rotatable bonds is 3. The van der Waals surface area contributed by atoms with Crippen LogP contribution in [0.15, 0.2) is 23.5 Å². The van der Waals surface area contributed by atoms with Gasteiger partial charge in [-0.1, -0.05) is 19.4 Å². The predicted molar refractivity (Wildman–Crippen MR) is 65.7 cm³/mol. The smallest absolute Gasteiger partial charge is 0.261 e. The minimum Gasteiger partial charge on any atom is -0.481 e.